The number of nitrogens with one attached hydrogen (secondary N) is 2. The number of benzene rings is 2. The van der Waals surface area contributed by atoms with Gasteiger partial charge in [0.15, 0.2) is 0 Å². The van der Waals surface area contributed by atoms with Gasteiger partial charge in [-0.15, -0.1) is 0 Å². The average molecular weight is 530 g/mol. The summed E-state index contributed by atoms with van der Waals surface area (Å²) in [7, 11) is 1.14. The van der Waals surface area contributed by atoms with Crippen LogP contribution < -0.4 is 10.6 Å². The van der Waals surface area contributed by atoms with Gasteiger partial charge in [-0.25, -0.2) is 9.59 Å². The molecule has 0 spiro atoms. The number of carboxylic acids is 1. The molecule has 0 aliphatic rings. The first kappa shape index (κ1) is 29.4. The van der Waals surface area contributed by atoms with Crippen LogP contribution in [-0.2, 0) is 32.0 Å². The first-order valence-electron chi connectivity index (χ1n) is 11.6. The third kappa shape index (κ3) is 8.94. The number of methoxy groups -OCH3 is 1. The molecule has 0 aromatic heterocycles. The third-order valence-electron chi connectivity index (χ3n) is 5.58. The van der Waals surface area contributed by atoms with E-state index in [1.165, 1.54) is 35.5 Å². The van der Waals surface area contributed by atoms with Crippen molar-refractivity contribution in [1.29, 1.82) is 0 Å². The summed E-state index contributed by atoms with van der Waals surface area (Å²) in [6.07, 6.45) is 3.12. The Morgan fingerprint density at radius 2 is 1.76 bits per heavy atom. The normalized spacial score (nSPS) is 11.2. The van der Waals surface area contributed by atoms with Gasteiger partial charge in [-0.2, -0.15) is 11.8 Å². The van der Waals surface area contributed by atoms with Crippen LogP contribution in [0, 0.1) is 0 Å². The Labute approximate surface area is 219 Å². The number of rotatable bonds is 13. The number of amides is 4. The lowest BCUT2D eigenvalue weighted by Gasteiger charge is -2.21. The average Bonchev–Trinajstić information content (AvgIpc) is 2.89. The zero-order valence-corrected chi connectivity index (χ0v) is 21.8. The lowest BCUT2D eigenvalue weighted by molar-refractivity contribution is -0.138. The molecule has 37 heavy (non-hydrogen) atoms. The summed E-state index contributed by atoms with van der Waals surface area (Å²) in [4.78, 5) is 60.9. The van der Waals surface area contributed by atoms with Crippen LogP contribution in [0.2, 0.25) is 0 Å². The maximum absolute atomic E-state index is 12.9. The summed E-state index contributed by atoms with van der Waals surface area (Å²) < 4.78 is 4.49. The molecule has 0 saturated heterocycles. The molecular formula is C26H31N3O7S. The van der Waals surface area contributed by atoms with Gasteiger partial charge in [0.25, 0.3) is 0 Å². The molecule has 1 unspecified atom stereocenters. The number of carbonyl (C=O) groups is 5. The Morgan fingerprint density at radius 3 is 2.32 bits per heavy atom. The van der Waals surface area contributed by atoms with E-state index in [1.54, 1.807) is 0 Å². The van der Waals surface area contributed by atoms with Crippen LogP contribution in [-0.4, -0.2) is 65.5 Å². The van der Waals surface area contributed by atoms with Gasteiger partial charge in [0.05, 0.1) is 23.6 Å². The molecule has 2 aromatic rings. The van der Waals surface area contributed by atoms with Crippen LogP contribution in [0.1, 0.15) is 41.3 Å². The van der Waals surface area contributed by atoms with Gasteiger partial charge >= 0.3 is 12.1 Å². The topological polar surface area (TPSA) is 142 Å². The number of aryl methyl sites for hydroxylation is 1. The number of carbonyl (C=O) groups excluding carboxylic acids is 4. The van der Waals surface area contributed by atoms with Crippen molar-refractivity contribution in [3.63, 3.8) is 0 Å². The van der Waals surface area contributed by atoms with Crippen molar-refractivity contribution in [2.24, 2.45) is 0 Å². The molecule has 4 amide bonds. The fourth-order valence-electron chi connectivity index (χ4n) is 3.50. The minimum absolute atomic E-state index is 0.0144. The maximum Gasteiger partial charge on any atom is 0.411 e. The SMILES string of the molecule is CCc1ccc(CC(SC)C(=O)N(C=O)CCCC(=O)Nc2ccc(C(=O)O)c(NC(=O)OC)c2)cc1. The molecule has 3 N–H and O–H groups in total. The van der Waals surface area contributed by atoms with Gasteiger partial charge in [0.2, 0.25) is 18.2 Å². The Hall–Kier alpha value is -3.86. The first-order valence-corrected chi connectivity index (χ1v) is 12.9. The highest BCUT2D eigenvalue weighted by Crippen LogP contribution is 2.22. The molecule has 10 nitrogen and oxygen atoms in total. The standard InChI is InChI=1S/C26H31N3O7S/c1-4-17-7-9-18(10-8-17)14-22(37-3)24(32)29(16-30)13-5-6-23(31)27-19-11-12-20(25(33)34)21(15-19)28-26(35)36-2/h7-12,15-16,22H,4-6,13-14H2,1-3H3,(H,27,31)(H,28,35)(H,33,34). The zero-order valence-electron chi connectivity index (χ0n) is 21.0. The molecule has 0 aliphatic heterocycles. The fraction of sp³-hybridized carbons (Fsp3) is 0.346. The van der Waals surface area contributed by atoms with Gasteiger partial charge in [-0.3, -0.25) is 24.6 Å². The molecular weight excluding hydrogens is 498 g/mol. The predicted molar refractivity (Wildman–Crippen MR) is 142 cm³/mol. The summed E-state index contributed by atoms with van der Waals surface area (Å²) in [5.41, 5.74) is 2.26. The first-order chi connectivity index (χ1) is 17.7. The molecule has 0 heterocycles. The van der Waals surface area contributed by atoms with Crippen LogP contribution in [0.5, 0.6) is 0 Å². The number of nitrogens with zero attached hydrogens (tertiary/aromatic N) is 1. The zero-order chi connectivity index (χ0) is 27.4. The van der Waals surface area contributed by atoms with Crippen molar-refractivity contribution >= 4 is 53.4 Å². The summed E-state index contributed by atoms with van der Waals surface area (Å²) >= 11 is 1.37. The Balaban J connectivity index is 1.94. The van der Waals surface area contributed by atoms with Gasteiger partial charge < -0.3 is 15.2 Å². The van der Waals surface area contributed by atoms with Gasteiger partial charge in [-0.05, 0) is 54.8 Å². The van der Waals surface area contributed by atoms with Crippen molar-refractivity contribution in [2.45, 2.75) is 37.9 Å². The van der Waals surface area contributed by atoms with E-state index >= 15 is 0 Å². The summed E-state index contributed by atoms with van der Waals surface area (Å²) in [5, 5.41) is 13.8. The largest absolute Gasteiger partial charge is 0.478 e. The second-order valence-electron chi connectivity index (χ2n) is 8.07. The Kier molecular flexibility index (Phi) is 11.6. The number of anilines is 2. The number of aromatic carboxylic acids is 1. The number of carboxylic acid groups (broad SMARTS) is 1. The predicted octanol–water partition coefficient (Wildman–Crippen LogP) is 3.80. The highest BCUT2D eigenvalue weighted by Gasteiger charge is 2.24. The van der Waals surface area contributed by atoms with Crippen molar-refractivity contribution < 1.29 is 33.8 Å². The highest BCUT2D eigenvalue weighted by molar-refractivity contribution is 7.99. The monoisotopic (exact) mass is 529 g/mol. The summed E-state index contributed by atoms with van der Waals surface area (Å²) in [5.74, 6) is -1.97. The third-order valence-corrected chi connectivity index (χ3v) is 6.52. The van der Waals surface area contributed by atoms with E-state index in [9.17, 15) is 29.1 Å². The number of ether oxygens (including phenoxy) is 1. The highest BCUT2D eigenvalue weighted by atomic mass is 32.2. The molecule has 1 atom stereocenters. The van der Waals surface area contributed by atoms with Crippen LogP contribution >= 0.6 is 11.8 Å². The Morgan fingerprint density at radius 1 is 1.08 bits per heavy atom. The van der Waals surface area contributed by atoms with Crippen molar-refractivity contribution in [1.82, 2.24) is 4.90 Å². The smallest absolute Gasteiger partial charge is 0.411 e. The van der Waals surface area contributed by atoms with Gasteiger partial charge in [0.1, 0.15) is 0 Å². The van der Waals surface area contributed by atoms with E-state index in [0.717, 1.165) is 24.0 Å². The van der Waals surface area contributed by atoms with E-state index in [-0.39, 0.29) is 42.2 Å². The van der Waals surface area contributed by atoms with Crippen molar-refractivity contribution in [2.75, 3.05) is 30.5 Å². The van der Waals surface area contributed by atoms with E-state index in [0.29, 0.717) is 12.8 Å². The molecule has 0 saturated carbocycles. The van der Waals surface area contributed by atoms with E-state index in [2.05, 4.69) is 22.3 Å². The number of hydrogen-bond donors (Lipinski definition) is 3. The molecule has 2 rings (SSSR count). The second kappa shape index (κ2) is 14.6. The minimum Gasteiger partial charge on any atom is -0.478 e. The van der Waals surface area contributed by atoms with Crippen molar-refractivity contribution in [3.05, 3.63) is 59.2 Å². The van der Waals surface area contributed by atoms with E-state index in [4.69, 9.17) is 0 Å². The molecule has 198 valence electrons. The van der Waals surface area contributed by atoms with E-state index < -0.39 is 23.2 Å². The quantitative estimate of drug-likeness (QED) is 0.333. The fourth-order valence-corrected chi connectivity index (χ4v) is 4.20. The van der Waals surface area contributed by atoms with Crippen LogP contribution in [0.25, 0.3) is 0 Å². The summed E-state index contributed by atoms with van der Waals surface area (Å²) in [6.45, 7) is 2.15. The maximum atomic E-state index is 12.9. The minimum atomic E-state index is -1.26. The molecule has 2 aromatic carbocycles. The number of imide groups is 1. The van der Waals surface area contributed by atoms with Crippen molar-refractivity contribution in [3.8, 4) is 0 Å². The number of hydrogen-bond acceptors (Lipinski definition) is 7. The summed E-state index contributed by atoms with van der Waals surface area (Å²) in [6, 6.07) is 12.0. The molecule has 0 radical (unpaired) electrons. The molecule has 11 heteroatoms. The van der Waals surface area contributed by atoms with Gasteiger partial charge in [0, 0.05) is 18.7 Å². The Bertz CT molecular complexity index is 1120. The molecule has 0 fully saturated rings. The molecule has 0 aliphatic carbocycles. The molecule has 0 bridgehead atoms. The second-order valence-corrected chi connectivity index (χ2v) is 9.11. The lowest BCUT2D eigenvalue weighted by atomic mass is 10.1. The van der Waals surface area contributed by atoms with E-state index in [1.807, 2.05) is 30.5 Å². The van der Waals surface area contributed by atoms with Gasteiger partial charge in [-0.1, -0.05) is 31.2 Å². The van der Waals surface area contributed by atoms with Crippen LogP contribution in [0.4, 0.5) is 16.2 Å². The van der Waals surface area contributed by atoms with Crippen LogP contribution in [0.15, 0.2) is 42.5 Å². The van der Waals surface area contributed by atoms with Crippen LogP contribution in [0.3, 0.4) is 0 Å². The number of thioether (sulfide) groups is 1. The lowest BCUT2D eigenvalue weighted by Crippen LogP contribution is -2.38.